The van der Waals surface area contributed by atoms with Gasteiger partial charge in [0.05, 0.1) is 10.9 Å². The third-order valence-electron chi connectivity index (χ3n) is 4.36. The molecule has 0 bridgehead atoms. The Balaban J connectivity index is 1.70. The number of aryl methyl sites for hydroxylation is 1. The fraction of sp³-hybridized carbons (Fsp3) is 0.167. The highest BCUT2D eigenvalue weighted by Gasteiger charge is 2.20. The van der Waals surface area contributed by atoms with Gasteiger partial charge in [-0.05, 0) is 30.2 Å². The number of ether oxygens (including phenoxy) is 1. The van der Waals surface area contributed by atoms with Crippen LogP contribution < -0.4 is 4.72 Å². The van der Waals surface area contributed by atoms with E-state index in [9.17, 15) is 8.42 Å². The van der Waals surface area contributed by atoms with E-state index in [1.165, 1.54) is 0 Å². The second kappa shape index (κ2) is 9.92. The van der Waals surface area contributed by atoms with Crippen molar-refractivity contribution in [3.63, 3.8) is 0 Å². The van der Waals surface area contributed by atoms with Crippen molar-refractivity contribution in [1.29, 1.82) is 0 Å². The third kappa shape index (κ3) is 6.21. The van der Waals surface area contributed by atoms with Gasteiger partial charge in [0.15, 0.2) is 0 Å². The van der Waals surface area contributed by atoms with Gasteiger partial charge in [-0.15, -0.1) is 0 Å². The number of hydrogen-bond donors (Lipinski definition) is 1. The van der Waals surface area contributed by atoms with Crippen molar-refractivity contribution < 1.29 is 13.2 Å². The Hall–Kier alpha value is -3.07. The number of hydrogen-bond acceptors (Lipinski definition) is 3. The molecule has 29 heavy (non-hydrogen) atoms. The average Bonchev–Trinajstić information content (AvgIpc) is 2.74. The Morgan fingerprint density at radius 1 is 0.897 bits per heavy atom. The van der Waals surface area contributed by atoms with Crippen LogP contribution >= 0.6 is 0 Å². The van der Waals surface area contributed by atoms with Crippen molar-refractivity contribution in [2.45, 2.75) is 30.9 Å². The highest BCUT2D eigenvalue weighted by Crippen LogP contribution is 2.20. The molecular weight excluding hydrogens is 382 g/mol. The van der Waals surface area contributed by atoms with Gasteiger partial charge in [0.25, 0.3) is 0 Å². The maximum atomic E-state index is 12.8. The quantitative estimate of drug-likeness (QED) is 0.585. The van der Waals surface area contributed by atoms with Gasteiger partial charge in [-0.1, -0.05) is 84.3 Å². The van der Waals surface area contributed by atoms with E-state index in [0.717, 1.165) is 16.7 Å². The highest BCUT2D eigenvalue weighted by atomic mass is 32.2. The first-order chi connectivity index (χ1) is 14.0. The minimum absolute atomic E-state index is 0.234. The van der Waals surface area contributed by atoms with E-state index in [0.29, 0.717) is 13.0 Å². The molecule has 0 saturated heterocycles. The van der Waals surface area contributed by atoms with Crippen LogP contribution in [0.15, 0.2) is 89.8 Å². The van der Waals surface area contributed by atoms with Crippen LogP contribution in [0.2, 0.25) is 0 Å². The molecule has 0 aliphatic rings. The Kier molecular flexibility index (Phi) is 7.07. The van der Waals surface area contributed by atoms with Crippen LogP contribution in [0.4, 0.5) is 0 Å². The van der Waals surface area contributed by atoms with Crippen molar-refractivity contribution >= 4 is 10.0 Å². The summed E-state index contributed by atoms with van der Waals surface area (Å²) in [5.74, 6) is 2.94. The Morgan fingerprint density at radius 2 is 1.52 bits per heavy atom. The number of nitrogens with one attached hydrogen (secondary N) is 1. The Labute approximate surface area is 172 Å². The van der Waals surface area contributed by atoms with Crippen LogP contribution in [0.5, 0.6) is 0 Å². The SMILES string of the molecule is Cc1ccc(S(=O)(=O)NC(CC#COCc2ccccc2)c2ccccc2)cc1. The fourth-order valence-corrected chi connectivity index (χ4v) is 4.00. The van der Waals surface area contributed by atoms with Crippen LogP contribution in [-0.2, 0) is 21.4 Å². The van der Waals surface area contributed by atoms with Crippen molar-refractivity contribution in [2.24, 2.45) is 0 Å². The predicted octanol–water partition coefficient (Wildman–Crippen LogP) is 4.58. The topological polar surface area (TPSA) is 55.4 Å². The van der Waals surface area contributed by atoms with E-state index in [1.54, 1.807) is 24.3 Å². The van der Waals surface area contributed by atoms with Gasteiger partial charge >= 0.3 is 0 Å². The summed E-state index contributed by atoms with van der Waals surface area (Å²) in [4.78, 5) is 0.234. The van der Waals surface area contributed by atoms with E-state index in [-0.39, 0.29) is 4.90 Å². The molecule has 1 N–H and O–H groups in total. The molecule has 0 heterocycles. The molecule has 0 saturated carbocycles. The van der Waals surface area contributed by atoms with E-state index < -0.39 is 16.1 Å². The predicted molar refractivity (Wildman–Crippen MR) is 114 cm³/mol. The second-order valence-electron chi connectivity index (χ2n) is 6.65. The Bertz CT molecular complexity index is 1070. The minimum atomic E-state index is -3.67. The zero-order valence-corrected chi connectivity index (χ0v) is 17.0. The van der Waals surface area contributed by atoms with Crippen molar-refractivity contribution in [3.8, 4) is 12.0 Å². The maximum absolute atomic E-state index is 12.8. The summed E-state index contributed by atoms with van der Waals surface area (Å²) >= 11 is 0. The van der Waals surface area contributed by atoms with E-state index in [1.807, 2.05) is 67.6 Å². The molecular formula is C24H23NO3S. The molecule has 0 aliphatic heterocycles. The summed E-state index contributed by atoms with van der Waals surface area (Å²) in [6.45, 7) is 2.31. The van der Waals surface area contributed by atoms with Crippen LogP contribution in [0.25, 0.3) is 0 Å². The molecule has 0 amide bonds. The lowest BCUT2D eigenvalue weighted by Crippen LogP contribution is -2.28. The normalized spacial score (nSPS) is 11.9. The summed E-state index contributed by atoms with van der Waals surface area (Å²) in [6.07, 6.45) is 2.98. The molecule has 148 valence electrons. The standard InChI is InChI=1S/C24H23NO3S/c1-20-14-16-23(17-15-20)29(26,27)25-24(22-11-6-3-7-12-22)13-8-18-28-19-21-9-4-2-5-10-21/h2-7,9-12,14-17,24-25H,13,19H2,1H3. The molecule has 3 aromatic carbocycles. The van der Waals surface area contributed by atoms with Gasteiger partial charge in [-0.3, -0.25) is 0 Å². The molecule has 1 unspecified atom stereocenters. The summed E-state index contributed by atoms with van der Waals surface area (Å²) in [7, 11) is -3.67. The lowest BCUT2D eigenvalue weighted by Gasteiger charge is -2.17. The first-order valence-corrected chi connectivity index (χ1v) is 10.8. The van der Waals surface area contributed by atoms with Gasteiger partial charge in [0.1, 0.15) is 12.7 Å². The molecule has 0 spiro atoms. The average molecular weight is 406 g/mol. The second-order valence-corrected chi connectivity index (χ2v) is 8.37. The van der Waals surface area contributed by atoms with Gasteiger partial charge < -0.3 is 4.74 Å². The smallest absolute Gasteiger partial charge is 0.241 e. The molecule has 0 aliphatic carbocycles. The summed E-state index contributed by atoms with van der Waals surface area (Å²) < 4.78 is 33.8. The maximum Gasteiger partial charge on any atom is 0.241 e. The molecule has 0 fully saturated rings. The monoisotopic (exact) mass is 405 g/mol. The zero-order chi connectivity index (χ0) is 20.5. The zero-order valence-electron chi connectivity index (χ0n) is 16.2. The van der Waals surface area contributed by atoms with Crippen molar-refractivity contribution in [1.82, 2.24) is 4.72 Å². The fourth-order valence-electron chi connectivity index (χ4n) is 2.77. The van der Waals surface area contributed by atoms with Gasteiger partial charge in [-0.2, -0.15) is 0 Å². The molecule has 3 aromatic rings. The molecule has 0 aromatic heterocycles. The van der Waals surface area contributed by atoms with Crippen LogP contribution in [0, 0.1) is 19.0 Å². The lowest BCUT2D eigenvalue weighted by atomic mass is 10.1. The molecule has 0 radical (unpaired) electrons. The lowest BCUT2D eigenvalue weighted by molar-refractivity contribution is 0.264. The minimum Gasteiger partial charge on any atom is -0.442 e. The molecule has 5 heteroatoms. The van der Waals surface area contributed by atoms with Crippen LogP contribution in [0.1, 0.15) is 29.2 Å². The summed E-state index contributed by atoms with van der Waals surface area (Å²) in [5, 5.41) is 0. The van der Waals surface area contributed by atoms with Crippen molar-refractivity contribution in [2.75, 3.05) is 0 Å². The van der Waals surface area contributed by atoms with Crippen LogP contribution in [-0.4, -0.2) is 8.42 Å². The largest absolute Gasteiger partial charge is 0.442 e. The number of benzene rings is 3. The van der Waals surface area contributed by atoms with Gasteiger partial charge in [0, 0.05) is 6.42 Å². The number of sulfonamides is 1. The van der Waals surface area contributed by atoms with Crippen molar-refractivity contribution in [3.05, 3.63) is 102 Å². The van der Waals surface area contributed by atoms with E-state index >= 15 is 0 Å². The van der Waals surface area contributed by atoms with Gasteiger partial charge in [-0.25, -0.2) is 13.1 Å². The summed E-state index contributed by atoms with van der Waals surface area (Å²) in [6, 6.07) is 25.5. The van der Waals surface area contributed by atoms with Crippen LogP contribution in [0.3, 0.4) is 0 Å². The first kappa shape index (κ1) is 20.7. The number of rotatable bonds is 7. The first-order valence-electron chi connectivity index (χ1n) is 9.32. The Morgan fingerprint density at radius 3 is 2.17 bits per heavy atom. The third-order valence-corrected chi connectivity index (χ3v) is 5.85. The summed E-state index contributed by atoms with van der Waals surface area (Å²) in [5.41, 5.74) is 2.88. The van der Waals surface area contributed by atoms with E-state index in [4.69, 9.17) is 4.74 Å². The highest BCUT2D eigenvalue weighted by molar-refractivity contribution is 7.89. The molecule has 4 nitrogen and oxygen atoms in total. The molecule has 1 atom stereocenters. The van der Waals surface area contributed by atoms with Gasteiger partial charge in [0.2, 0.25) is 10.0 Å². The molecule has 3 rings (SSSR count). The van der Waals surface area contributed by atoms with E-state index in [2.05, 4.69) is 16.7 Å².